The molecule has 4 aliphatic heterocycles. The number of hydrogen-bond acceptors (Lipinski definition) is 10. The monoisotopic (exact) mass is 719 g/mol. The maximum atomic E-state index is 13.9. The molecule has 12 nitrogen and oxygen atoms in total. The van der Waals surface area contributed by atoms with Gasteiger partial charge in [0.05, 0.1) is 36.1 Å². The van der Waals surface area contributed by atoms with Crippen molar-refractivity contribution in [2.24, 2.45) is 4.99 Å². The number of benzene rings is 2. The van der Waals surface area contributed by atoms with Crippen LogP contribution in [0.3, 0.4) is 0 Å². The van der Waals surface area contributed by atoms with Crippen molar-refractivity contribution in [1.29, 1.82) is 0 Å². The molecule has 5 atom stereocenters. The van der Waals surface area contributed by atoms with Gasteiger partial charge in [-0.15, -0.1) is 0 Å². The number of para-hydroxylation sites is 1. The molecule has 1 spiro atoms. The normalized spacial score (nSPS) is 27.0. The number of carbonyl (C=O) groups is 2. The molecular weight excluding hydrogens is 681 g/mol. The van der Waals surface area contributed by atoms with E-state index in [1.165, 1.54) is 0 Å². The molecule has 4 aliphatic rings. The number of nitrogens with one attached hydrogen (secondary N) is 4. The first-order chi connectivity index (χ1) is 22.7. The van der Waals surface area contributed by atoms with Gasteiger partial charge >= 0.3 is 6.09 Å². The largest absolute Gasteiger partial charge is 0.492 e. The first kappa shape index (κ1) is 34.4. The number of carbonyl (C=O) groups excluding carboxylic acids is 2. The second kappa shape index (κ2) is 13.1. The van der Waals surface area contributed by atoms with Gasteiger partial charge in [-0.25, -0.2) is 9.79 Å². The molecule has 48 heavy (non-hydrogen) atoms. The van der Waals surface area contributed by atoms with Crippen molar-refractivity contribution in [2.75, 3.05) is 33.4 Å². The van der Waals surface area contributed by atoms with Gasteiger partial charge in [0.25, 0.3) is 5.91 Å². The minimum atomic E-state index is -1.82. The number of aliphatic hydroxyl groups excluding tert-OH is 1. The fourth-order valence-electron chi connectivity index (χ4n) is 7.13. The summed E-state index contributed by atoms with van der Waals surface area (Å²) in [4.78, 5) is 35.6. The third kappa shape index (κ3) is 6.73. The van der Waals surface area contributed by atoms with Crippen LogP contribution in [0.25, 0.3) is 0 Å². The number of alkyl carbamates (subject to hydrolysis) is 1. The molecule has 0 aromatic heterocycles. The first-order valence-corrected chi connectivity index (χ1v) is 16.9. The van der Waals surface area contributed by atoms with E-state index in [4.69, 9.17) is 49.3 Å². The number of aliphatic hydroxyl groups is 1. The van der Waals surface area contributed by atoms with Gasteiger partial charge in [0.15, 0.2) is 5.66 Å². The fraction of sp³-hybridized carbons (Fsp3) is 0.485. The van der Waals surface area contributed by atoms with E-state index in [1.807, 2.05) is 49.5 Å². The Morgan fingerprint density at radius 2 is 1.96 bits per heavy atom. The van der Waals surface area contributed by atoms with Crippen LogP contribution in [0, 0.1) is 0 Å². The summed E-state index contributed by atoms with van der Waals surface area (Å²) in [6.07, 6.45) is -1.25. The highest BCUT2D eigenvalue weighted by Crippen LogP contribution is 2.42. The molecule has 2 aromatic rings. The smallest absolute Gasteiger partial charge is 0.414 e. The molecule has 258 valence electrons. The lowest BCUT2D eigenvalue weighted by Crippen LogP contribution is -2.73. The number of ether oxygens (including phenoxy) is 2. The molecule has 2 saturated heterocycles. The van der Waals surface area contributed by atoms with Gasteiger partial charge < -0.3 is 35.4 Å². The van der Waals surface area contributed by atoms with Crippen LogP contribution in [0.2, 0.25) is 0 Å². The molecule has 4 heterocycles. The zero-order valence-corrected chi connectivity index (χ0v) is 29.2. The predicted octanol–water partition coefficient (Wildman–Crippen LogP) is 3.22. The van der Waals surface area contributed by atoms with Gasteiger partial charge in [0, 0.05) is 25.2 Å². The highest BCUT2D eigenvalue weighted by molar-refractivity contribution is 6.67. The predicted molar refractivity (Wildman–Crippen MR) is 184 cm³/mol. The zero-order chi connectivity index (χ0) is 34.4. The molecule has 5 N–H and O–H groups in total. The number of halogens is 3. The molecule has 2 aromatic carbocycles. The van der Waals surface area contributed by atoms with Crippen LogP contribution in [-0.2, 0) is 16.7 Å². The van der Waals surface area contributed by atoms with Crippen LogP contribution in [0.15, 0.2) is 65.9 Å². The second-order valence-electron chi connectivity index (χ2n) is 13.4. The molecule has 0 aliphatic carbocycles. The highest BCUT2D eigenvalue weighted by atomic mass is 35.6. The van der Waals surface area contributed by atoms with Crippen molar-refractivity contribution in [3.63, 3.8) is 0 Å². The maximum Gasteiger partial charge on any atom is 0.414 e. The summed E-state index contributed by atoms with van der Waals surface area (Å²) in [6, 6.07) is 13.7. The van der Waals surface area contributed by atoms with Crippen molar-refractivity contribution in [2.45, 2.75) is 65.9 Å². The van der Waals surface area contributed by atoms with Crippen LogP contribution in [0.5, 0.6) is 5.75 Å². The van der Waals surface area contributed by atoms with E-state index in [0.29, 0.717) is 36.8 Å². The number of alkyl halides is 3. The minimum absolute atomic E-state index is 0.0862. The zero-order valence-electron chi connectivity index (χ0n) is 26.9. The third-order valence-electron chi connectivity index (χ3n) is 9.40. The molecule has 2 amide bonds. The van der Waals surface area contributed by atoms with Crippen LogP contribution in [0.1, 0.15) is 41.8 Å². The summed E-state index contributed by atoms with van der Waals surface area (Å²) in [5, 5.41) is 24.6. The Morgan fingerprint density at radius 3 is 2.69 bits per heavy atom. The summed E-state index contributed by atoms with van der Waals surface area (Å²) < 4.78 is 9.35. The van der Waals surface area contributed by atoms with Gasteiger partial charge in [-0.05, 0) is 30.5 Å². The Labute approximate surface area is 294 Å². The number of aliphatic imine (C=N–C) groups is 1. The van der Waals surface area contributed by atoms with E-state index in [2.05, 4.69) is 46.6 Å². The van der Waals surface area contributed by atoms with Crippen LogP contribution in [-0.4, -0.2) is 99.9 Å². The van der Waals surface area contributed by atoms with Crippen LogP contribution in [0.4, 0.5) is 4.79 Å². The van der Waals surface area contributed by atoms with Crippen molar-refractivity contribution in [3.05, 3.63) is 77.6 Å². The van der Waals surface area contributed by atoms with E-state index in [-0.39, 0.29) is 23.8 Å². The van der Waals surface area contributed by atoms with Gasteiger partial charge in [-0.2, -0.15) is 0 Å². The summed E-state index contributed by atoms with van der Waals surface area (Å²) in [6.45, 7) is 9.52. The average Bonchev–Trinajstić information content (AvgIpc) is 3.51. The number of amides is 2. The number of fused-ring (bicyclic) bond motifs is 1. The molecule has 15 heteroatoms. The summed E-state index contributed by atoms with van der Waals surface area (Å²) >= 11 is 17.4. The molecule has 6 rings (SSSR count). The average molecular weight is 721 g/mol. The third-order valence-corrected chi connectivity index (χ3v) is 9.72. The summed E-state index contributed by atoms with van der Waals surface area (Å²) in [5.74, 6) is 0.748. The standard InChI is InChI=1S/C33H40Cl3N7O5/c1-19-37-26-23(16-42(4)15-20-9-6-5-7-10-20)39-29(40-30(46)48-18-32(34,35)36)43-17-24(27(44)33(26,43)41-19)38-28(45)21-11-8-12-22-25(21)47-14-13-31(22,2)3/h5-12,23-24,26-27,37,41,44H,1,13-18H2,2-4H3,(H,38,45)(H,39,40,46)/t23-,24-,26-,27-,33-/m0/s1. The summed E-state index contributed by atoms with van der Waals surface area (Å²) in [7, 11) is 1.97. The second-order valence-corrected chi connectivity index (χ2v) is 15.9. The molecular formula is C33H40Cl3N7O5. The maximum absolute atomic E-state index is 13.9. The van der Waals surface area contributed by atoms with Gasteiger partial charge in [0.1, 0.15) is 18.5 Å². The van der Waals surface area contributed by atoms with E-state index in [1.54, 1.807) is 11.0 Å². The van der Waals surface area contributed by atoms with Crippen LogP contribution >= 0.6 is 34.8 Å². The number of hydrogen-bond donors (Lipinski definition) is 5. The van der Waals surface area contributed by atoms with E-state index >= 15 is 0 Å². The number of rotatable bonds is 7. The Balaban J connectivity index is 1.30. The quantitative estimate of drug-likeness (QED) is 0.273. The Kier molecular flexibility index (Phi) is 9.42. The molecule has 2 fully saturated rings. The Hall–Kier alpha value is -3.42. The molecule has 0 unspecified atom stereocenters. The van der Waals surface area contributed by atoms with Crippen molar-refractivity contribution in [1.82, 2.24) is 31.1 Å². The lowest BCUT2D eigenvalue weighted by Gasteiger charge is -2.47. The van der Waals surface area contributed by atoms with E-state index in [0.717, 1.165) is 17.5 Å². The lowest BCUT2D eigenvalue weighted by molar-refractivity contribution is 0.00832. The van der Waals surface area contributed by atoms with Crippen LogP contribution < -0.4 is 26.0 Å². The van der Waals surface area contributed by atoms with Gasteiger partial charge in [-0.3, -0.25) is 15.0 Å². The topological polar surface area (TPSA) is 140 Å². The van der Waals surface area contributed by atoms with E-state index < -0.39 is 46.4 Å². The van der Waals surface area contributed by atoms with Gasteiger partial charge in [0.2, 0.25) is 9.75 Å². The highest BCUT2D eigenvalue weighted by Gasteiger charge is 2.66. The van der Waals surface area contributed by atoms with E-state index in [9.17, 15) is 14.7 Å². The molecule has 0 bridgehead atoms. The van der Waals surface area contributed by atoms with Crippen molar-refractivity contribution < 1.29 is 24.2 Å². The fourth-order valence-corrected chi connectivity index (χ4v) is 7.29. The summed E-state index contributed by atoms with van der Waals surface area (Å²) in [5.41, 5.74) is 1.05. The SMILES string of the molecule is C=C1N[C@H]2[C@H](CN(C)Cc3ccccc3)N=C(NC(=O)OCC(Cl)(Cl)Cl)N3C[C@H](NC(=O)c4cccc5c4OCCC5(C)C)[C@H](O)[C@]23N1. The first-order valence-electron chi connectivity index (χ1n) is 15.8. The number of nitrogens with zero attached hydrogens (tertiary/aromatic N) is 3. The number of guanidine groups is 1. The van der Waals surface area contributed by atoms with Crippen molar-refractivity contribution in [3.8, 4) is 5.75 Å². The Morgan fingerprint density at radius 1 is 1.21 bits per heavy atom. The van der Waals surface area contributed by atoms with Crippen molar-refractivity contribution >= 4 is 52.8 Å². The van der Waals surface area contributed by atoms with Gasteiger partial charge in [-0.1, -0.05) is 97.7 Å². The number of likely N-dealkylation sites (N-methyl/N-ethyl adjacent to an activating group) is 1. The minimum Gasteiger partial charge on any atom is -0.492 e. The Bertz CT molecular complexity index is 1600. The molecule has 0 saturated carbocycles. The lowest BCUT2D eigenvalue weighted by atomic mass is 9.79. The molecule has 0 radical (unpaired) electrons.